The second kappa shape index (κ2) is 7.44. The van der Waals surface area contributed by atoms with E-state index < -0.39 is 23.8 Å². The molecule has 0 radical (unpaired) electrons. The molecule has 2 N–H and O–H groups in total. The van der Waals surface area contributed by atoms with E-state index in [9.17, 15) is 19.2 Å². The highest BCUT2D eigenvalue weighted by molar-refractivity contribution is 7.17. The highest BCUT2D eigenvalue weighted by atomic mass is 32.1. The fourth-order valence-corrected chi connectivity index (χ4v) is 5.20. The van der Waals surface area contributed by atoms with Crippen molar-refractivity contribution in [3.05, 3.63) is 51.4 Å². The first-order chi connectivity index (χ1) is 13.9. The number of fused-ring (bicyclic) bond motifs is 2. The third-order valence-electron chi connectivity index (χ3n) is 5.45. The lowest BCUT2D eigenvalue weighted by atomic mass is 9.95. The number of nitrogens with one attached hydrogen (secondary N) is 2. The first-order valence-corrected chi connectivity index (χ1v) is 10.4. The van der Waals surface area contributed by atoms with Crippen LogP contribution in [0.15, 0.2) is 24.3 Å². The molecular weight excluding hydrogens is 390 g/mol. The van der Waals surface area contributed by atoms with E-state index in [0.29, 0.717) is 21.7 Å². The molecule has 0 saturated heterocycles. The maximum atomic E-state index is 12.9. The van der Waals surface area contributed by atoms with Crippen LogP contribution in [0.5, 0.6) is 0 Å². The van der Waals surface area contributed by atoms with Gasteiger partial charge in [-0.3, -0.25) is 24.1 Å². The van der Waals surface area contributed by atoms with Crippen molar-refractivity contribution in [2.75, 3.05) is 12.4 Å². The minimum atomic E-state index is -1.00. The summed E-state index contributed by atoms with van der Waals surface area (Å²) in [5.41, 5.74) is 2.09. The fraction of sp³-hybridized carbons (Fsp3) is 0.333. The summed E-state index contributed by atoms with van der Waals surface area (Å²) >= 11 is 1.40. The fourth-order valence-electron chi connectivity index (χ4n) is 3.91. The number of amides is 4. The van der Waals surface area contributed by atoms with Crippen molar-refractivity contribution in [3.8, 4) is 0 Å². The van der Waals surface area contributed by atoms with Gasteiger partial charge in [0.05, 0.1) is 16.7 Å². The van der Waals surface area contributed by atoms with Gasteiger partial charge < -0.3 is 10.6 Å². The van der Waals surface area contributed by atoms with Crippen LogP contribution in [0.3, 0.4) is 0 Å². The monoisotopic (exact) mass is 411 g/mol. The second-order valence-electron chi connectivity index (χ2n) is 7.19. The molecule has 2 heterocycles. The van der Waals surface area contributed by atoms with Gasteiger partial charge in [0.15, 0.2) is 0 Å². The number of nitrogens with zero attached hydrogens (tertiary/aromatic N) is 1. The number of thiophene rings is 1. The van der Waals surface area contributed by atoms with Gasteiger partial charge in [-0.15, -0.1) is 11.3 Å². The molecule has 2 aliphatic rings. The Labute approximate surface area is 172 Å². The van der Waals surface area contributed by atoms with Crippen molar-refractivity contribution in [2.24, 2.45) is 0 Å². The molecule has 7 nitrogen and oxygen atoms in total. The molecule has 1 aliphatic heterocycles. The van der Waals surface area contributed by atoms with Gasteiger partial charge in [-0.25, -0.2) is 0 Å². The molecule has 150 valence electrons. The Morgan fingerprint density at radius 2 is 1.69 bits per heavy atom. The minimum absolute atomic E-state index is 0.243. The van der Waals surface area contributed by atoms with E-state index in [-0.39, 0.29) is 5.91 Å². The second-order valence-corrected chi connectivity index (χ2v) is 8.29. The van der Waals surface area contributed by atoms with E-state index in [2.05, 4.69) is 10.6 Å². The van der Waals surface area contributed by atoms with Crippen LogP contribution in [0.1, 0.15) is 61.3 Å². The maximum Gasteiger partial charge on any atom is 0.262 e. The molecule has 1 atom stereocenters. The third-order valence-corrected chi connectivity index (χ3v) is 6.66. The van der Waals surface area contributed by atoms with Crippen molar-refractivity contribution in [3.63, 3.8) is 0 Å². The zero-order chi connectivity index (χ0) is 20.7. The van der Waals surface area contributed by atoms with E-state index in [1.807, 2.05) is 0 Å². The summed E-state index contributed by atoms with van der Waals surface area (Å²) in [6, 6.07) is 5.53. The van der Waals surface area contributed by atoms with E-state index >= 15 is 0 Å². The predicted molar refractivity (Wildman–Crippen MR) is 109 cm³/mol. The Hall–Kier alpha value is -3.00. The molecular formula is C21H21N3O4S. The summed E-state index contributed by atoms with van der Waals surface area (Å²) in [4.78, 5) is 52.8. The largest absolute Gasteiger partial charge is 0.355 e. The van der Waals surface area contributed by atoms with Crippen molar-refractivity contribution >= 4 is 40.0 Å². The van der Waals surface area contributed by atoms with E-state index in [0.717, 1.165) is 41.0 Å². The van der Waals surface area contributed by atoms with Gasteiger partial charge in [-0.1, -0.05) is 12.1 Å². The average Bonchev–Trinajstić information content (AvgIpc) is 3.22. The average molecular weight is 411 g/mol. The summed E-state index contributed by atoms with van der Waals surface area (Å²) in [5.74, 6) is -1.70. The Morgan fingerprint density at radius 1 is 1.07 bits per heavy atom. The molecule has 8 heteroatoms. The van der Waals surface area contributed by atoms with Crippen LogP contribution in [0.25, 0.3) is 0 Å². The van der Waals surface area contributed by atoms with Crippen molar-refractivity contribution in [1.29, 1.82) is 0 Å². The molecule has 0 bridgehead atoms. The lowest BCUT2D eigenvalue weighted by Crippen LogP contribution is -2.45. The Kier molecular flexibility index (Phi) is 4.96. The van der Waals surface area contributed by atoms with Crippen LogP contribution >= 0.6 is 11.3 Å². The van der Waals surface area contributed by atoms with E-state index in [4.69, 9.17) is 0 Å². The minimum Gasteiger partial charge on any atom is -0.355 e. The van der Waals surface area contributed by atoms with Crippen LogP contribution in [0.4, 0.5) is 5.00 Å². The Balaban J connectivity index is 1.61. The number of benzene rings is 1. The number of carbonyl (C=O) groups is 4. The third kappa shape index (κ3) is 3.13. The zero-order valence-electron chi connectivity index (χ0n) is 16.2. The van der Waals surface area contributed by atoms with Gasteiger partial charge in [0.1, 0.15) is 11.0 Å². The molecule has 4 amide bonds. The molecule has 29 heavy (non-hydrogen) atoms. The summed E-state index contributed by atoms with van der Waals surface area (Å²) < 4.78 is 0. The van der Waals surface area contributed by atoms with Gasteiger partial charge in [-0.2, -0.15) is 0 Å². The smallest absolute Gasteiger partial charge is 0.262 e. The number of aryl methyl sites for hydroxylation is 1. The molecule has 0 fully saturated rings. The van der Waals surface area contributed by atoms with Crippen LogP contribution < -0.4 is 10.6 Å². The van der Waals surface area contributed by atoms with E-state index in [1.165, 1.54) is 18.3 Å². The van der Waals surface area contributed by atoms with Crippen LogP contribution in [-0.2, 0) is 17.6 Å². The first kappa shape index (κ1) is 19.3. The zero-order valence-corrected chi connectivity index (χ0v) is 17.0. The first-order valence-electron chi connectivity index (χ1n) is 9.58. The lowest BCUT2D eigenvalue weighted by Gasteiger charge is -2.21. The maximum absolute atomic E-state index is 12.9. The summed E-state index contributed by atoms with van der Waals surface area (Å²) in [5, 5.41) is 5.92. The predicted octanol–water partition coefficient (Wildman–Crippen LogP) is 2.61. The standard InChI is InChI=1S/C21H21N3O4S/c1-11(24-20(27)12-7-3-4-8-13(12)21(24)28)17(25)23-19-16(18(26)22-2)14-9-5-6-10-15(14)29-19/h3-4,7-8,11H,5-6,9-10H2,1-2H3,(H,22,26)(H,23,25). The van der Waals surface area contributed by atoms with Crippen LogP contribution in [-0.4, -0.2) is 41.6 Å². The summed E-state index contributed by atoms with van der Waals surface area (Å²) in [6.45, 7) is 1.52. The molecule has 1 aromatic heterocycles. The molecule has 0 spiro atoms. The topological polar surface area (TPSA) is 95.6 Å². The van der Waals surface area contributed by atoms with Gasteiger partial charge in [0, 0.05) is 11.9 Å². The molecule has 4 rings (SSSR count). The van der Waals surface area contributed by atoms with Gasteiger partial charge >= 0.3 is 0 Å². The molecule has 1 aromatic carbocycles. The van der Waals surface area contributed by atoms with Crippen molar-refractivity contribution in [2.45, 2.75) is 38.6 Å². The van der Waals surface area contributed by atoms with Crippen molar-refractivity contribution in [1.82, 2.24) is 10.2 Å². The normalized spacial score (nSPS) is 16.3. The number of anilines is 1. The lowest BCUT2D eigenvalue weighted by molar-refractivity contribution is -0.119. The molecule has 2 aromatic rings. The Bertz CT molecular complexity index is 1010. The number of rotatable bonds is 4. The quantitative estimate of drug-likeness (QED) is 0.756. The van der Waals surface area contributed by atoms with Crippen LogP contribution in [0.2, 0.25) is 0 Å². The number of hydrogen-bond acceptors (Lipinski definition) is 5. The SMILES string of the molecule is CNC(=O)c1c(NC(=O)C(C)N2C(=O)c3ccccc3C2=O)sc2c1CCCC2. The number of carbonyl (C=O) groups excluding carboxylic acids is 4. The van der Waals surface area contributed by atoms with Gasteiger partial charge in [-0.05, 0) is 50.3 Å². The number of hydrogen-bond donors (Lipinski definition) is 2. The van der Waals surface area contributed by atoms with E-state index in [1.54, 1.807) is 31.3 Å². The Morgan fingerprint density at radius 3 is 2.31 bits per heavy atom. The summed E-state index contributed by atoms with van der Waals surface area (Å²) in [7, 11) is 1.56. The molecule has 1 aliphatic carbocycles. The molecule has 1 unspecified atom stereocenters. The highest BCUT2D eigenvalue weighted by Crippen LogP contribution is 2.38. The van der Waals surface area contributed by atoms with Crippen molar-refractivity contribution < 1.29 is 19.2 Å². The number of imide groups is 1. The molecule has 0 saturated carbocycles. The highest BCUT2D eigenvalue weighted by Gasteiger charge is 2.41. The van der Waals surface area contributed by atoms with Crippen LogP contribution in [0, 0.1) is 0 Å². The summed E-state index contributed by atoms with van der Waals surface area (Å²) in [6.07, 6.45) is 3.75. The van der Waals surface area contributed by atoms with Gasteiger partial charge in [0.2, 0.25) is 5.91 Å². The van der Waals surface area contributed by atoms with Gasteiger partial charge in [0.25, 0.3) is 17.7 Å².